The van der Waals surface area contributed by atoms with Gasteiger partial charge < -0.3 is 16.2 Å². The first kappa shape index (κ1) is 11.0. The number of benzene rings is 1. The molecule has 0 atom stereocenters. The summed E-state index contributed by atoms with van der Waals surface area (Å²) in [7, 11) is 0. The van der Waals surface area contributed by atoms with Crippen LogP contribution in [0.15, 0.2) is 18.2 Å². The molecule has 0 aliphatic heterocycles. The third kappa shape index (κ3) is 3.26. The van der Waals surface area contributed by atoms with E-state index in [0.29, 0.717) is 5.56 Å². The number of amides is 2. The Kier molecular flexibility index (Phi) is 3.22. The molecule has 80 valence electrons. The lowest BCUT2D eigenvalue weighted by molar-refractivity contribution is 0.0999. The Morgan fingerprint density at radius 1 is 1.40 bits per heavy atom. The summed E-state index contributed by atoms with van der Waals surface area (Å²) in [4.78, 5) is 20.9. The van der Waals surface area contributed by atoms with Crippen LogP contribution >= 0.6 is 0 Å². The van der Waals surface area contributed by atoms with Gasteiger partial charge in [0.1, 0.15) is 5.82 Å². The molecular weight excluding hydrogens is 203 g/mol. The molecule has 0 aromatic heterocycles. The third-order valence-corrected chi connectivity index (χ3v) is 1.69. The SMILES string of the molecule is NC(=O)c1cc(F)cc(CNC(=O)O)c1. The minimum absolute atomic E-state index is 0.0113. The summed E-state index contributed by atoms with van der Waals surface area (Å²) in [5.74, 6) is -1.39. The number of carbonyl (C=O) groups is 2. The quantitative estimate of drug-likeness (QED) is 0.688. The van der Waals surface area contributed by atoms with Gasteiger partial charge in [-0.1, -0.05) is 0 Å². The maximum Gasteiger partial charge on any atom is 0.404 e. The van der Waals surface area contributed by atoms with Gasteiger partial charge in [-0.15, -0.1) is 0 Å². The number of nitrogens with one attached hydrogen (secondary N) is 1. The smallest absolute Gasteiger partial charge is 0.404 e. The highest BCUT2D eigenvalue weighted by Crippen LogP contribution is 2.08. The van der Waals surface area contributed by atoms with Gasteiger partial charge in [0.05, 0.1) is 0 Å². The van der Waals surface area contributed by atoms with E-state index in [9.17, 15) is 14.0 Å². The molecule has 0 bridgehead atoms. The minimum Gasteiger partial charge on any atom is -0.465 e. The van der Waals surface area contributed by atoms with Crippen molar-refractivity contribution in [3.8, 4) is 0 Å². The van der Waals surface area contributed by atoms with Crippen LogP contribution in [0.4, 0.5) is 9.18 Å². The Morgan fingerprint density at radius 3 is 2.60 bits per heavy atom. The summed E-state index contributed by atoms with van der Waals surface area (Å²) in [6.45, 7) is -0.0760. The van der Waals surface area contributed by atoms with Crippen molar-refractivity contribution in [3.05, 3.63) is 35.1 Å². The fourth-order valence-corrected chi connectivity index (χ4v) is 1.07. The van der Waals surface area contributed by atoms with E-state index in [-0.39, 0.29) is 12.1 Å². The van der Waals surface area contributed by atoms with Crippen molar-refractivity contribution in [2.24, 2.45) is 5.73 Å². The molecule has 15 heavy (non-hydrogen) atoms. The molecule has 2 amide bonds. The fourth-order valence-electron chi connectivity index (χ4n) is 1.07. The number of hydrogen-bond donors (Lipinski definition) is 3. The van der Waals surface area contributed by atoms with Crippen LogP contribution in [0.3, 0.4) is 0 Å². The van der Waals surface area contributed by atoms with Crippen LogP contribution in [0.2, 0.25) is 0 Å². The van der Waals surface area contributed by atoms with E-state index < -0.39 is 17.8 Å². The van der Waals surface area contributed by atoms with Crippen LogP contribution in [0.1, 0.15) is 15.9 Å². The lowest BCUT2D eigenvalue weighted by Crippen LogP contribution is -2.20. The molecule has 5 nitrogen and oxygen atoms in total. The van der Waals surface area contributed by atoms with Crippen molar-refractivity contribution in [3.63, 3.8) is 0 Å². The molecule has 0 unspecified atom stereocenters. The van der Waals surface area contributed by atoms with E-state index in [0.717, 1.165) is 12.1 Å². The second-order valence-electron chi connectivity index (χ2n) is 2.87. The highest BCUT2D eigenvalue weighted by Gasteiger charge is 2.06. The third-order valence-electron chi connectivity index (χ3n) is 1.69. The Bertz CT molecular complexity index is 406. The number of hydrogen-bond acceptors (Lipinski definition) is 2. The normalized spacial score (nSPS) is 9.67. The highest BCUT2D eigenvalue weighted by molar-refractivity contribution is 5.92. The molecule has 1 aromatic rings. The van der Waals surface area contributed by atoms with Crippen LogP contribution in [-0.2, 0) is 6.54 Å². The first-order valence-corrected chi connectivity index (χ1v) is 4.05. The first-order chi connectivity index (χ1) is 6.99. The largest absolute Gasteiger partial charge is 0.465 e. The van der Waals surface area contributed by atoms with Crippen molar-refractivity contribution in [2.75, 3.05) is 0 Å². The van der Waals surface area contributed by atoms with Gasteiger partial charge in [-0.25, -0.2) is 9.18 Å². The molecule has 0 radical (unpaired) electrons. The predicted molar refractivity (Wildman–Crippen MR) is 49.8 cm³/mol. The molecule has 0 aliphatic carbocycles. The average Bonchev–Trinajstić information content (AvgIpc) is 2.13. The highest BCUT2D eigenvalue weighted by atomic mass is 19.1. The molecule has 0 heterocycles. The maximum atomic E-state index is 12.9. The monoisotopic (exact) mass is 212 g/mol. The van der Waals surface area contributed by atoms with Crippen molar-refractivity contribution in [1.82, 2.24) is 5.32 Å². The lowest BCUT2D eigenvalue weighted by Gasteiger charge is -2.03. The second-order valence-corrected chi connectivity index (χ2v) is 2.87. The van der Waals surface area contributed by atoms with Crippen molar-refractivity contribution in [2.45, 2.75) is 6.54 Å². The molecule has 6 heteroatoms. The van der Waals surface area contributed by atoms with Gasteiger partial charge in [0.15, 0.2) is 0 Å². The average molecular weight is 212 g/mol. The zero-order chi connectivity index (χ0) is 11.4. The fraction of sp³-hybridized carbons (Fsp3) is 0.111. The van der Waals surface area contributed by atoms with Crippen LogP contribution < -0.4 is 11.1 Å². The van der Waals surface area contributed by atoms with Crippen LogP contribution in [0, 0.1) is 5.82 Å². The van der Waals surface area contributed by atoms with Gasteiger partial charge in [0.25, 0.3) is 0 Å². The number of carbonyl (C=O) groups excluding carboxylic acids is 1. The molecule has 1 rings (SSSR count). The van der Waals surface area contributed by atoms with Crippen LogP contribution in [0.5, 0.6) is 0 Å². The number of halogens is 1. The Labute approximate surface area is 84.7 Å². The summed E-state index contributed by atoms with van der Waals surface area (Å²) >= 11 is 0. The van der Waals surface area contributed by atoms with E-state index >= 15 is 0 Å². The van der Waals surface area contributed by atoms with Gasteiger partial charge in [-0.05, 0) is 23.8 Å². The molecule has 0 fully saturated rings. The minimum atomic E-state index is -1.22. The van der Waals surface area contributed by atoms with E-state index in [1.54, 1.807) is 0 Å². The van der Waals surface area contributed by atoms with E-state index in [1.807, 2.05) is 0 Å². The summed E-state index contributed by atoms with van der Waals surface area (Å²) in [6, 6.07) is 3.45. The van der Waals surface area contributed by atoms with Gasteiger partial charge >= 0.3 is 6.09 Å². The van der Waals surface area contributed by atoms with E-state index in [1.165, 1.54) is 6.07 Å². The zero-order valence-corrected chi connectivity index (χ0v) is 7.66. The number of primary amides is 1. The van der Waals surface area contributed by atoms with Crippen molar-refractivity contribution < 1.29 is 19.1 Å². The van der Waals surface area contributed by atoms with Crippen LogP contribution in [0.25, 0.3) is 0 Å². The van der Waals surface area contributed by atoms with Crippen molar-refractivity contribution in [1.29, 1.82) is 0 Å². The molecule has 4 N–H and O–H groups in total. The predicted octanol–water partition coefficient (Wildman–Crippen LogP) is 0.692. The Balaban J connectivity index is 2.88. The molecular formula is C9H9FN2O3. The topological polar surface area (TPSA) is 92.4 Å². The Morgan fingerprint density at radius 2 is 2.07 bits per heavy atom. The molecule has 0 aliphatic rings. The maximum absolute atomic E-state index is 12.9. The second kappa shape index (κ2) is 4.41. The molecule has 1 aromatic carbocycles. The van der Waals surface area contributed by atoms with Gasteiger partial charge in [-0.2, -0.15) is 0 Å². The summed E-state index contributed by atoms with van der Waals surface area (Å²) < 4.78 is 12.9. The van der Waals surface area contributed by atoms with Gasteiger partial charge in [0, 0.05) is 12.1 Å². The molecule has 0 spiro atoms. The van der Waals surface area contributed by atoms with Gasteiger partial charge in [0.2, 0.25) is 5.91 Å². The van der Waals surface area contributed by atoms with Crippen LogP contribution in [-0.4, -0.2) is 17.1 Å². The van der Waals surface area contributed by atoms with Gasteiger partial charge in [-0.3, -0.25) is 4.79 Å². The number of nitrogens with two attached hydrogens (primary N) is 1. The summed E-state index contributed by atoms with van der Waals surface area (Å²) in [5.41, 5.74) is 5.32. The van der Waals surface area contributed by atoms with E-state index in [4.69, 9.17) is 10.8 Å². The summed E-state index contributed by atoms with van der Waals surface area (Å²) in [6.07, 6.45) is -1.22. The number of rotatable bonds is 3. The standard InChI is InChI=1S/C9H9FN2O3/c10-7-2-5(4-12-9(14)15)1-6(3-7)8(11)13/h1-3,12H,4H2,(H2,11,13)(H,14,15). The summed E-state index contributed by atoms with van der Waals surface area (Å²) in [5, 5.41) is 10.4. The first-order valence-electron chi connectivity index (χ1n) is 4.05. The Hall–Kier alpha value is -2.11. The van der Waals surface area contributed by atoms with Crippen molar-refractivity contribution >= 4 is 12.0 Å². The van der Waals surface area contributed by atoms with E-state index in [2.05, 4.69) is 5.32 Å². The lowest BCUT2D eigenvalue weighted by atomic mass is 10.1. The zero-order valence-electron chi connectivity index (χ0n) is 7.66. The molecule has 0 saturated carbocycles. The molecule has 0 saturated heterocycles. The number of carboxylic acid groups (broad SMARTS) is 1.